The molecule has 2 saturated carbocycles. The summed E-state index contributed by atoms with van der Waals surface area (Å²) in [4.78, 5) is 16.5. The average molecular weight is 406 g/mol. The van der Waals surface area contributed by atoms with E-state index in [0.29, 0.717) is 12.2 Å². The second-order valence-electron chi connectivity index (χ2n) is 8.46. The van der Waals surface area contributed by atoms with E-state index in [0.717, 1.165) is 60.2 Å². The summed E-state index contributed by atoms with van der Waals surface area (Å²) in [5.41, 5.74) is 3.77. The van der Waals surface area contributed by atoms with Crippen molar-refractivity contribution < 1.29 is 14.6 Å². The lowest BCUT2D eigenvalue weighted by Crippen LogP contribution is -2.28. The van der Waals surface area contributed by atoms with Gasteiger partial charge in [-0.1, -0.05) is 0 Å². The minimum absolute atomic E-state index is 0.0000525. The van der Waals surface area contributed by atoms with Gasteiger partial charge in [0.25, 0.3) is 0 Å². The summed E-state index contributed by atoms with van der Waals surface area (Å²) >= 11 is 0. The number of aromatic nitrogens is 3. The number of aryl methyl sites for hydroxylation is 1. The largest absolute Gasteiger partial charge is 0.488 e. The summed E-state index contributed by atoms with van der Waals surface area (Å²) in [5, 5.41) is 17.3. The molecule has 0 unspecified atom stereocenters. The highest BCUT2D eigenvalue weighted by atomic mass is 16.5. The maximum atomic E-state index is 12.0. The van der Waals surface area contributed by atoms with Gasteiger partial charge >= 0.3 is 0 Å². The van der Waals surface area contributed by atoms with Crippen molar-refractivity contribution in [1.29, 1.82) is 0 Å². The van der Waals surface area contributed by atoms with Gasteiger partial charge in [0.2, 0.25) is 5.91 Å². The topological polar surface area (TPSA) is 88.8 Å². The number of nitrogens with one attached hydrogen (secondary N) is 1. The molecule has 2 fully saturated rings. The zero-order chi connectivity index (χ0) is 20.7. The second kappa shape index (κ2) is 7.72. The average Bonchev–Trinajstić information content (AvgIpc) is 3.50. The van der Waals surface area contributed by atoms with Crippen LogP contribution in [0.2, 0.25) is 0 Å². The molecular formula is C23H26N4O3. The number of rotatable bonds is 5. The number of amides is 1. The third-order valence-corrected chi connectivity index (χ3v) is 5.87. The number of aliphatic hydroxyl groups is 1. The van der Waals surface area contributed by atoms with Crippen molar-refractivity contribution in [2.45, 2.75) is 57.7 Å². The molecule has 0 aliphatic heterocycles. The lowest BCUT2D eigenvalue weighted by molar-refractivity contribution is -0.117. The van der Waals surface area contributed by atoms with Gasteiger partial charge in [0.1, 0.15) is 11.9 Å². The summed E-state index contributed by atoms with van der Waals surface area (Å²) < 4.78 is 8.03. The molecule has 7 nitrogen and oxygen atoms in total. The minimum Gasteiger partial charge on any atom is -0.488 e. The zero-order valence-electron chi connectivity index (χ0n) is 17.0. The molecule has 2 atom stereocenters. The highest BCUT2D eigenvalue weighted by Gasteiger charge is 2.30. The first-order valence-electron chi connectivity index (χ1n) is 10.7. The molecular weight excluding hydrogens is 380 g/mol. The Hall–Kier alpha value is -2.93. The SMILES string of the molecule is Cc1cc(-c2ccn3nc(NC(=O)C4CC4)cc3c2)c(O[C@H]2CCC[C@H](O)C2)cn1. The number of carbonyl (C=O) groups excluding carboxylic acids is 1. The molecule has 7 heteroatoms. The quantitative estimate of drug-likeness (QED) is 0.674. The molecule has 3 aromatic rings. The Bertz CT molecular complexity index is 1090. The molecule has 156 valence electrons. The predicted molar refractivity (Wildman–Crippen MR) is 113 cm³/mol. The molecule has 0 spiro atoms. The number of carbonyl (C=O) groups is 1. The van der Waals surface area contributed by atoms with Crippen LogP contribution < -0.4 is 10.1 Å². The van der Waals surface area contributed by atoms with Crippen molar-refractivity contribution in [1.82, 2.24) is 14.6 Å². The smallest absolute Gasteiger partial charge is 0.228 e. The van der Waals surface area contributed by atoms with E-state index in [9.17, 15) is 9.90 Å². The standard InChI is InChI=1S/C23H26N4O3/c1-14-9-20(21(13-24-14)30-19-4-2-3-18(28)12-19)16-7-8-27-17(10-16)11-22(26-27)25-23(29)15-5-6-15/h7-11,13,15,18-19,28H,2-6,12H2,1H3,(H,25,26,29)/t18-,19-/m0/s1. The first kappa shape index (κ1) is 19.1. The predicted octanol–water partition coefficient (Wildman–Crippen LogP) is 3.74. The zero-order valence-corrected chi connectivity index (χ0v) is 17.0. The molecule has 0 radical (unpaired) electrons. The van der Waals surface area contributed by atoms with E-state index < -0.39 is 0 Å². The lowest BCUT2D eigenvalue weighted by atomic mass is 9.95. The van der Waals surface area contributed by atoms with Crippen LogP contribution in [0.1, 0.15) is 44.2 Å². The van der Waals surface area contributed by atoms with E-state index in [1.54, 1.807) is 10.7 Å². The maximum Gasteiger partial charge on any atom is 0.228 e. The third kappa shape index (κ3) is 4.03. The third-order valence-electron chi connectivity index (χ3n) is 5.87. The molecule has 5 rings (SSSR count). The van der Waals surface area contributed by atoms with Gasteiger partial charge in [0.15, 0.2) is 5.82 Å². The van der Waals surface area contributed by atoms with E-state index >= 15 is 0 Å². The van der Waals surface area contributed by atoms with Gasteiger partial charge in [0, 0.05) is 35.9 Å². The fourth-order valence-electron chi connectivity index (χ4n) is 4.07. The molecule has 3 aromatic heterocycles. The van der Waals surface area contributed by atoms with Gasteiger partial charge in [-0.25, -0.2) is 4.52 Å². The highest BCUT2D eigenvalue weighted by molar-refractivity contribution is 5.93. The number of pyridine rings is 2. The second-order valence-corrected chi connectivity index (χ2v) is 8.46. The summed E-state index contributed by atoms with van der Waals surface area (Å²) in [6, 6.07) is 7.93. The van der Waals surface area contributed by atoms with Crippen LogP contribution >= 0.6 is 0 Å². The Labute approximate surface area is 175 Å². The van der Waals surface area contributed by atoms with Gasteiger partial charge in [0.05, 0.1) is 17.8 Å². The number of anilines is 1. The van der Waals surface area contributed by atoms with Crippen LogP contribution in [-0.2, 0) is 4.79 Å². The Morgan fingerprint density at radius 1 is 1.23 bits per heavy atom. The van der Waals surface area contributed by atoms with E-state index in [2.05, 4.69) is 15.4 Å². The van der Waals surface area contributed by atoms with Crippen LogP contribution in [0.15, 0.2) is 36.7 Å². The molecule has 3 heterocycles. The first-order chi connectivity index (χ1) is 14.5. The molecule has 2 aliphatic carbocycles. The molecule has 2 aliphatic rings. The number of hydrogen-bond acceptors (Lipinski definition) is 5. The minimum atomic E-state index is -0.293. The highest BCUT2D eigenvalue weighted by Crippen LogP contribution is 2.34. The number of nitrogens with zero attached hydrogens (tertiary/aromatic N) is 3. The van der Waals surface area contributed by atoms with Crippen LogP contribution in [0, 0.1) is 12.8 Å². The van der Waals surface area contributed by atoms with Crippen LogP contribution in [0.25, 0.3) is 16.6 Å². The van der Waals surface area contributed by atoms with Gasteiger partial charge in [-0.2, -0.15) is 5.10 Å². The van der Waals surface area contributed by atoms with Gasteiger partial charge in [-0.15, -0.1) is 0 Å². The fraction of sp³-hybridized carbons (Fsp3) is 0.435. The van der Waals surface area contributed by atoms with Gasteiger partial charge in [-0.05, 0) is 62.8 Å². The van der Waals surface area contributed by atoms with Crippen molar-refractivity contribution >= 4 is 17.2 Å². The molecule has 2 N–H and O–H groups in total. The molecule has 0 aromatic carbocycles. The van der Waals surface area contributed by atoms with Crippen molar-refractivity contribution in [2.24, 2.45) is 5.92 Å². The van der Waals surface area contributed by atoms with Crippen LogP contribution in [0.3, 0.4) is 0 Å². The summed E-state index contributed by atoms with van der Waals surface area (Å²) in [7, 11) is 0. The lowest BCUT2D eigenvalue weighted by Gasteiger charge is -2.27. The van der Waals surface area contributed by atoms with Crippen molar-refractivity contribution in [3.8, 4) is 16.9 Å². The molecule has 30 heavy (non-hydrogen) atoms. The Morgan fingerprint density at radius 3 is 2.90 bits per heavy atom. The number of aliphatic hydroxyl groups excluding tert-OH is 1. The van der Waals surface area contributed by atoms with E-state index in [1.165, 1.54) is 0 Å². The van der Waals surface area contributed by atoms with Crippen LogP contribution in [0.5, 0.6) is 5.75 Å². The number of fused-ring (bicyclic) bond motifs is 1. The van der Waals surface area contributed by atoms with E-state index in [-0.39, 0.29) is 24.0 Å². The Morgan fingerprint density at radius 2 is 2.10 bits per heavy atom. The number of hydrogen-bond donors (Lipinski definition) is 2. The fourth-order valence-corrected chi connectivity index (χ4v) is 4.07. The van der Waals surface area contributed by atoms with Gasteiger partial charge < -0.3 is 15.2 Å². The Kier molecular flexibility index (Phi) is 4.90. The van der Waals surface area contributed by atoms with Crippen molar-refractivity contribution in [3.63, 3.8) is 0 Å². The normalized spacial score (nSPS) is 21.5. The molecule has 1 amide bonds. The van der Waals surface area contributed by atoms with Gasteiger partial charge in [-0.3, -0.25) is 9.78 Å². The summed E-state index contributed by atoms with van der Waals surface area (Å²) in [6.07, 6.45) is 8.70. The van der Waals surface area contributed by atoms with Crippen molar-refractivity contribution in [2.75, 3.05) is 5.32 Å². The number of ether oxygens (including phenoxy) is 1. The van der Waals surface area contributed by atoms with Crippen LogP contribution in [-0.4, -0.2) is 37.8 Å². The molecule has 0 saturated heterocycles. The monoisotopic (exact) mass is 406 g/mol. The maximum absolute atomic E-state index is 12.0. The van der Waals surface area contributed by atoms with E-state index in [1.807, 2.05) is 37.4 Å². The van der Waals surface area contributed by atoms with Crippen molar-refractivity contribution in [3.05, 3.63) is 42.4 Å². The van der Waals surface area contributed by atoms with E-state index in [4.69, 9.17) is 4.74 Å². The van der Waals surface area contributed by atoms with Crippen LogP contribution in [0.4, 0.5) is 5.82 Å². The summed E-state index contributed by atoms with van der Waals surface area (Å²) in [5.74, 6) is 1.49. The molecule has 0 bridgehead atoms. The summed E-state index contributed by atoms with van der Waals surface area (Å²) in [6.45, 7) is 1.96. The first-order valence-corrected chi connectivity index (χ1v) is 10.7. The Balaban J connectivity index is 1.43.